The third-order valence-corrected chi connectivity index (χ3v) is 17.4. The van der Waals surface area contributed by atoms with Crippen LogP contribution >= 0.6 is 42.5 Å². The van der Waals surface area contributed by atoms with Crippen molar-refractivity contribution in [2.75, 3.05) is 37.8 Å². The van der Waals surface area contributed by atoms with E-state index in [1.165, 1.54) is 12.1 Å². The number of hydrogen-bond donors (Lipinski definition) is 1. The SMILES string of the molecule is CC(C)(C)C(=O)SCCOP(=O)(OCCSC(=O)C(C)(C)C)C(F)(F)c1ccc2sc(C(=O)NC3C[C@@H]4C[C@@H]4C[C@H]4CC[C@@H](C(=O)N5CC(n6ccnc6)C5)N4C3=O)cc2c1. The lowest BCUT2D eigenvalue weighted by atomic mass is 9.98. The van der Waals surface area contributed by atoms with Crippen LogP contribution < -0.4 is 5.32 Å². The van der Waals surface area contributed by atoms with Crippen LogP contribution in [0.15, 0.2) is 43.0 Å². The fourth-order valence-electron chi connectivity index (χ4n) is 8.10. The molecule has 0 radical (unpaired) electrons. The Morgan fingerprint density at radius 3 is 2.15 bits per heavy atom. The number of fused-ring (bicyclic) bond motifs is 3. The Morgan fingerprint density at radius 1 is 0.902 bits per heavy atom. The summed E-state index contributed by atoms with van der Waals surface area (Å²) in [6, 6.07) is 3.74. The fourth-order valence-corrected chi connectivity index (χ4v) is 12.4. The Balaban J connectivity index is 1.05. The first-order chi connectivity index (χ1) is 28.7. The number of aromatic nitrogens is 2. The predicted octanol–water partition coefficient (Wildman–Crippen LogP) is 7.96. The van der Waals surface area contributed by atoms with Gasteiger partial charge < -0.3 is 28.7 Å². The molecule has 1 unspecified atom stereocenters. The third-order valence-electron chi connectivity index (χ3n) is 11.8. The zero-order valence-corrected chi connectivity index (χ0v) is 38.6. The zero-order chi connectivity index (χ0) is 44.1. The number of thioether (sulfide) groups is 2. The van der Waals surface area contributed by atoms with Gasteiger partial charge in [-0.2, -0.15) is 8.78 Å². The van der Waals surface area contributed by atoms with Crippen LogP contribution in [0.25, 0.3) is 10.1 Å². The first-order valence-corrected chi connectivity index (χ1v) is 25.0. The summed E-state index contributed by atoms with van der Waals surface area (Å²) in [4.78, 5) is 74.7. The van der Waals surface area contributed by atoms with Gasteiger partial charge in [0.15, 0.2) is 10.2 Å². The van der Waals surface area contributed by atoms with Crippen molar-refractivity contribution in [3.63, 3.8) is 0 Å². The molecule has 332 valence electrons. The Hall–Kier alpha value is -3.15. The van der Waals surface area contributed by atoms with E-state index in [0.29, 0.717) is 42.5 Å². The maximum atomic E-state index is 16.5. The van der Waals surface area contributed by atoms with E-state index in [4.69, 9.17) is 9.05 Å². The minimum absolute atomic E-state index is 0.0368. The van der Waals surface area contributed by atoms with Gasteiger partial charge in [0.05, 0.1) is 30.5 Å². The monoisotopic (exact) mass is 921 g/mol. The van der Waals surface area contributed by atoms with Gasteiger partial charge in [0.2, 0.25) is 11.8 Å². The number of halogens is 2. The molecule has 4 aliphatic rings. The molecule has 0 spiro atoms. The van der Waals surface area contributed by atoms with Crippen LogP contribution in [0.2, 0.25) is 0 Å². The number of thiophene rings is 1. The highest BCUT2D eigenvalue weighted by molar-refractivity contribution is 8.14. The van der Waals surface area contributed by atoms with E-state index >= 15 is 8.78 Å². The molecule has 1 aromatic carbocycles. The van der Waals surface area contributed by atoms with Gasteiger partial charge in [-0.15, -0.1) is 11.3 Å². The molecule has 3 amide bonds. The first kappa shape index (κ1) is 45.9. The highest BCUT2D eigenvalue weighted by atomic mass is 32.2. The van der Waals surface area contributed by atoms with Gasteiger partial charge >= 0.3 is 13.3 Å². The van der Waals surface area contributed by atoms with Gasteiger partial charge in [-0.3, -0.25) is 28.5 Å². The minimum atomic E-state index is -5.25. The van der Waals surface area contributed by atoms with Crippen molar-refractivity contribution in [1.82, 2.24) is 24.7 Å². The van der Waals surface area contributed by atoms with E-state index in [2.05, 4.69) is 10.3 Å². The molecule has 2 aromatic heterocycles. The molecule has 13 nitrogen and oxygen atoms in total. The number of benzene rings is 1. The molecule has 4 fully saturated rings. The van der Waals surface area contributed by atoms with Gasteiger partial charge in [0, 0.05) is 64.1 Å². The number of imidazole rings is 1. The lowest BCUT2D eigenvalue weighted by Crippen LogP contribution is -2.60. The molecule has 19 heteroatoms. The number of hydrogen-bond acceptors (Lipinski definition) is 12. The van der Waals surface area contributed by atoms with Crippen molar-refractivity contribution >= 4 is 80.5 Å². The number of likely N-dealkylation sites (tertiary alicyclic amines) is 1. The minimum Gasteiger partial charge on any atom is -0.340 e. The highest BCUT2D eigenvalue weighted by Gasteiger charge is 2.56. The van der Waals surface area contributed by atoms with E-state index in [1.807, 2.05) is 10.8 Å². The summed E-state index contributed by atoms with van der Waals surface area (Å²) in [6.07, 6.45) is 8.86. The average molecular weight is 922 g/mol. The summed E-state index contributed by atoms with van der Waals surface area (Å²) in [5, 5.41) is 2.87. The number of carbonyl (C=O) groups is 5. The Kier molecular flexibility index (Phi) is 13.4. The van der Waals surface area contributed by atoms with Gasteiger partial charge in [-0.1, -0.05) is 71.1 Å². The number of nitrogens with one attached hydrogen (secondary N) is 1. The van der Waals surface area contributed by atoms with Crippen molar-refractivity contribution in [2.24, 2.45) is 22.7 Å². The van der Waals surface area contributed by atoms with Crippen molar-refractivity contribution in [3.8, 4) is 0 Å². The molecule has 61 heavy (non-hydrogen) atoms. The van der Waals surface area contributed by atoms with Crippen molar-refractivity contribution < 1.29 is 46.4 Å². The molecule has 1 N–H and O–H groups in total. The van der Waals surface area contributed by atoms with E-state index in [0.717, 1.165) is 66.3 Å². The summed E-state index contributed by atoms with van der Waals surface area (Å²) in [5.74, 6) is -0.238. The van der Waals surface area contributed by atoms with Crippen LogP contribution in [0.1, 0.15) is 94.9 Å². The molecule has 0 bridgehead atoms. The van der Waals surface area contributed by atoms with Gasteiger partial charge in [0.1, 0.15) is 12.1 Å². The number of rotatable bonds is 14. The highest BCUT2D eigenvalue weighted by Crippen LogP contribution is 2.67. The maximum Gasteiger partial charge on any atom is 0.404 e. The quantitative estimate of drug-likeness (QED) is 0.124. The molecule has 3 aromatic rings. The molecule has 1 saturated carbocycles. The second-order valence-corrected chi connectivity index (χ2v) is 23.8. The topological polar surface area (TPSA) is 157 Å². The number of amides is 3. The van der Waals surface area contributed by atoms with E-state index in [1.54, 1.807) is 63.9 Å². The lowest BCUT2D eigenvalue weighted by molar-refractivity contribution is -0.150. The molecule has 5 heterocycles. The Morgan fingerprint density at radius 2 is 1.54 bits per heavy atom. The Labute approximate surface area is 367 Å². The fraction of sp³-hybridized carbons (Fsp3) is 0.619. The van der Waals surface area contributed by atoms with E-state index < -0.39 is 60.9 Å². The van der Waals surface area contributed by atoms with Crippen LogP contribution in [-0.4, -0.2) is 103 Å². The summed E-state index contributed by atoms with van der Waals surface area (Å²) >= 11 is 2.84. The summed E-state index contributed by atoms with van der Waals surface area (Å²) < 4.78 is 60.2. The summed E-state index contributed by atoms with van der Waals surface area (Å²) in [7, 11) is -5.25. The zero-order valence-electron chi connectivity index (χ0n) is 35.3. The lowest BCUT2D eigenvalue weighted by Gasteiger charge is -2.43. The van der Waals surface area contributed by atoms with Crippen molar-refractivity contribution in [1.29, 1.82) is 0 Å². The average Bonchev–Trinajstić information content (AvgIpc) is 3.56. The van der Waals surface area contributed by atoms with E-state index in [9.17, 15) is 28.5 Å². The van der Waals surface area contributed by atoms with Crippen LogP contribution in [0.3, 0.4) is 0 Å². The molecule has 3 saturated heterocycles. The molecule has 5 atom stereocenters. The van der Waals surface area contributed by atoms with Gasteiger partial charge in [0.25, 0.3) is 5.91 Å². The second-order valence-electron chi connectivity index (χ2n) is 18.5. The van der Waals surface area contributed by atoms with Gasteiger partial charge in [-0.25, -0.2) is 4.98 Å². The van der Waals surface area contributed by atoms with Gasteiger partial charge in [-0.05, 0) is 67.5 Å². The summed E-state index contributed by atoms with van der Waals surface area (Å²) in [5.41, 5.74) is -6.16. The van der Waals surface area contributed by atoms with Crippen LogP contribution in [0.5, 0.6) is 0 Å². The molecule has 1 aliphatic carbocycles. The number of nitrogens with zero attached hydrogens (tertiary/aromatic N) is 4. The standard InChI is InChI=1S/C42H54F2N5O8PS3/c1-40(2,3)38(53)59-15-13-56-58(55,57-14-16-60-39(54)41(4,5)6)42(43,44)28-7-10-33-27(18-28)21-34(61-33)35(50)46-31-20-26-17-25(26)19-29-8-9-32(49(29)36(31)51)37(52)48-22-30(23-48)47-12-11-45-24-47/h7,10-12,18,21,24-26,29-32H,8-9,13-17,19-20,22-23H2,1-6H3,(H,46,50)/t25-,26+,29-,31?,32+/m1/s1. The second kappa shape index (κ2) is 17.8. The van der Waals surface area contributed by atoms with Crippen LogP contribution in [-0.2, 0) is 38.5 Å². The van der Waals surface area contributed by atoms with Crippen molar-refractivity contribution in [2.45, 2.75) is 103 Å². The molecule has 3 aliphatic heterocycles. The first-order valence-electron chi connectivity index (χ1n) is 20.7. The Bertz CT molecular complexity index is 2160. The molecule has 7 rings (SSSR count). The van der Waals surface area contributed by atoms with E-state index in [-0.39, 0.29) is 55.9 Å². The smallest absolute Gasteiger partial charge is 0.340 e. The maximum absolute atomic E-state index is 16.5. The van der Waals surface area contributed by atoms with Crippen LogP contribution in [0.4, 0.5) is 8.78 Å². The predicted molar refractivity (Wildman–Crippen MR) is 233 cm³/mol. The number of carbonyl (C=O) groups excluding carboxylic acids is 5. The molecular formula is C42H54F2N5O8PS3. The van der Waals surface area contributed by atoms with Crippen LogP contribution in [0, 0.1) is 22.7 Å². The number of alkyl halides is 2. The summed E-state index contributed by atoms with van der Waals surface area (Å²) in [6.45, 7) is 10.5. The third kappa shape index (κ3) is 9.99. The normalized spacial score (nSPS) is 23.5. The van der Waals surface area contributed by atoms with Crippen molar-refractivity contribution in [3.05, 3.63) is 53.4 Å². The molecular weight excluding hydrogens is 868 g/mol. The largest absolute Gasteiger partial charge is 0.404 e.